The highest BCUT2D eigenvalue weighted by Gasteiger charge is 2.46. The third-order valence-corrected chi connectivity index (χ3v) is 6.42. The molecule has 0 aliphatic heterocycles. The molecule has 2 N–H and O–H groups in total. The smallest absolute Gasteiger partial charge is 0.182 e. The Kier molecular flexibility index (Phi) is 3.47. The van der Waals surface area contributed by atoms with Gasteiger partial charge in [0.1, 0.15) is 0 Å². The van der Waals surface area contributed by atoms with E-state index in [9.17, 15) is 8.42 Å². The van der Waals surface area contributed by atoms with Gasteiger partial charge in [0, 0.05) is 11.1 Å². The van der Waals surface area contributed by atoms with E-state index in [2.05, 4.69) is 0 Å². The minimum absolute atomic E-state index is 0.121. The number of rotatable bonds is 2. The predicted molar refractivity (Wildman–Crippen MR) is 73.4 cm³/mol. The maximum absolute atomic E-state index is 12.5. The maximum Gasteiger partial charge on any atom is 0.182 e. The van der Waals surface area contributed by atoms with Gasteiger partial charge in [-0.25, -0.2) is 8.42 Å². The topological polar surface area (TPSA) is 60.2 Å². The maximum atomic E-state index is 12.5. The SMILES string of the molecule is CC1(C)CCC(S(=O)(=O)c2ccc(Cl)cc2)C1N. The molecule has 1 aromatic carbocycles. The van der Waals surface area contributed by atoms with Crippen LogP contribution in [0.1, 0.15) is 26.7 Å². The number of hydrogen-bond donors (Lipinski definition) is 1. The Balaban J connectivity index is 2.36. The number of benzene rings is 1. The second-order valence-corrected chi connectivity index (χ2v) is 8.19. The van der Waals surface area contributed by atoms with Crippen molar-refractivity contribution in [1.29, 1.82) is 0 Å². The van der Waals surface area contributed by atoms with E-state index in [1.807, 2.05) is 13.8 Å². The normalized spacial score (nSPS) is 27.3. The van der Waals surface area contributed by atoms with Crippen molar-refractivity contribution in [1.82, 2.24) is 0 Å². The van der Waals surface area contributed by atoms with Crippen LogP contribution in [0, 0.1) is 5.41 Å². The average Bonchev–Trinajstić information content (AvgIpc) is 2.55. The van der Waals surface area contributed by atoms with Crippen molar-refractivity contribution in [3.05, 3.63) is 29.3 Å². The molecule has 0 saturated heterocycles. The minimum Gasteiger partial charge on any atom is -0.326 e. The van der Waals surface area contributed by atoms with Crippen LogP contribution in [0.25, 0.3) is 0 Å². The Hall–Kier alpha value is -0.580. The van der Waals surface area contributed by atoms with Gasteiger partial charge in [-0.2, -0.15) is 0 Å². The Bertz CT molecular complexity index is 537. The number of nitrogens with two attached hydrogens (primary N) is 1. The van der Waals surface area contributed by atoms with Crippen LogP contribution in [0.4, 0.5) is 0 Å². The van der Waals surface area contributed by atoms with Crippen molar-refractivity contribution in [2.45, 2.75) is 42.9 Å². The first kappa shape index (κ1) is 13.8. The molecule has 0 heterocycles. The minimum atomic E-state index is -3.36. The van der Waals surface area contributed by atoms with Crippen molar-refractivity contribution in [2.75, 3.05) is 0 Å². The summed E-state index contributed by atoms with van der Waals surface area (Å²) in [5.41, 5.74) is 5.98. The van der Waals surface area contributed by atoms with Crippen molar-refractivity contribution < 1.29 is 8.42 Å². The van der Waals surface area contributed by atoms with Crippen LogP contribution in [0.15, 0.2) is 29.2 Å². The standard InChI is InChI=1S/C13H18ClNO2S/c1-13(2)8-7-11(12(13)15)18(16,17)10-5-3-9(14)4-6-10/h3-6,11-12H,7-8,15H2,1-2H3. The lowest BCUT2D eigenvalue weighted by Crippen LogP contribution is -2.43. The molecule has 2 unspecified atom stereocenters. The first-order chi connectivity index (χ1) is 8.25. The zero-order valence-electron chi connectivity index (χ0n) is 10.6. The second kappa shape index (κ2) is 4.51. The second-order valence-electron chi connectivity index (χ2n) is 5.59. The Morgan fingerprint density at radius 2 is 1.83 bits per heavy atom. The molecule has 0 amide bonds. The third-order valence-electron chi connectivity index (χ3n) is 3.92. The molecular formula is C13H18ClNO2S. The van der Waals surface area contributed by atoms with Gasteiger partial charge in [0.2, 0.25) is 0 Å². The molecule has 3 nitrogen and oxygen atoms in total. The van der Waals surface area contributed by atoms with Crippen molar-refractivity contribution >= 4 is 21.4 Å². The van der Waals surface area contributed by atoms with E-state index >= 15 is 0 Å². The van der Waals surface area contributed by atoms with Crippen LogP contribution in [-0.4, -0.2) is 19.7 Å². The largest absolute Gasteiger partial charge is 0.326 e. The zero-order valence-corrected chi connectivity index (χ0v) is 12.1. The molecule has 1 aliphatic carbocycles. The van der Waals surface area contributed by atoms with E-state index in [0.717, 1.165) is 6.42 Å². The molecule has 1 aromatic rings. The highest BCUT2D eigenvalue weighted by atomic mass is 35.5. The molecule has 0 aromatic heterocycles. The fourth-order valence-corrected chi connectivity index (χ4v) is 4.68. The van der Waals surface area contributed by atoms with Crippen molar-refractivity contribution in [3.63, 3.8) is 0 Å². The number of halogens is 1. The summed E-state index contributed by atoms with van der Waals surface area (Å²) in [6.45, 7) is 4.05. The van der Waals surface area contributed by atoms with Gasteiger partial charge < -0.3 is 5.73 Å². The summed E-state index contributed by atoms with van der Waals surface area (Å²) in [7, 11) is -3.36. The molecule has 5 heteroatoms. The van der Waals surface area contributed by atoms with Crippen LogP contribution in [0.3, 0.4) is 0 Å². The van der Waals surface area contributed by atoms with E-state index < -0.39 is 15.1 Å². The summed E-state index contributed by atoms with van der Waals surface area (Å²) in [5.74, 6) is 0. The lowest BCUT2D eigenvalue weighted by molar-refractivity contribution is 0.332. The Morgan fingerprint density at radius 1 is 1.28 bits per heavy atom. The van der Waals surface area contributed by atoms with E-state index in [4.69, 9.17) is 17.3 Å². The van der Waals surface area contributed by atoms with E-state index in [1.165, 1.54) is 0 Å². The van der Waals surface area contributed by atoms with Gasteiger partial charge in [0.15, 0.2) is 9.84 Å². The first-order valence-electron chi connectivity index (χ1n) is 6.00. The molecular weight excluding hydrogens is 270 g/mol. The van der Waals surface area contributed by atoms with Gasteiger partial charge in [0.25, 0.3) is 0 Å². The van der Waals surface area contributed by atoms with Crippen LogP contribution in [0.5, 0.6) is 0 Å². The van der Waals surface area contributed by atoms with Crippen LogP contribution < -0.4 is 5.73 Å². The highest BCUT2D eigenvalue weighted by molar-refractivity contribution is 7.92. The molecule has 1 saturated carbocycles. The lowest BCUT2D eigenvalue weighted by Gasteiger charge is -2.26. The molecule has 0 radical (unpaired) electrons. The highest BCUT2D eigenvalue weighted by Crippen LogP contribution is 2.41. The number of sulfone groups is 1. The molecule has 100 valence electrons. The van der Waals surface area contributed by atoms with Gasteiger partial charge in [0.05, 0.1) is 10.1 Å². The lowest BCUT2D eigenvalue weighted by atomic mass is 9.88. The predicted octanol–water partition coefficient (Wildman–Crippen LogP) is 2.63. The zero-order chi connectivity index (χ0) is 13.6. The fourth-order valence-electron chi connectivity index (χ4n) is 2.51. The summed E-state index contributed by atoms with van der Waals surface area (Å²) in [6, 6.07) is 5.98. The van der Waals surface area contributed by atoms with E-state index in [0.29, 0.717) is 16.3 Å². The quantitative estimate of drug-likeness (QED) is 0.909. The van der Waals surface area contributed by atoms with E-state index in [1.54, 1.807) is 24.3 Å². The van der Waals surface area contributed by atoms with Gasteiger partial charge in [-0.05, 0) is 42.5 Å². The van der Waals surface area contributed by atoms with Crippen molar-refractivity contribution in [2.24, 2.45) is 11.1 Å². The Morgan fingerprint density at radius 3 is 2.28 bits per heavy atom. The molecule has 2 atom stereocenters. The van der Waals surface area contributed by atoms with E-state index in [-0.39, 0.29) is 11.5 Å². The monoisotopic (exact) mass is 287 g/mol. The molecule has 18 heavy (non-hydrogen) atoms. The summed E-state index contributed by atoms with van der Waals surface area (Å²) >= 11 is 5.78. The molecule has 1 aliphatic rings. The van der Waals surface area contributed by atoms with Crippen LogP contribution in [0.2, 0.25) is 5.02 Å². The molecule has 2 rings (SSSR count). The third kappa shape index (κ3) is 2.29. The summed E-state index contributed by atoms with van der Waals surface area (Å²) in [6.07, 6.45) is 1.46. The van der Waals surface area contributed by atoms with Gasteiger partial charge in [-0.15, -0.1) is 0 Å². The summed E-state index contributed by atoms with van der Waals surface area (Å²) in [5, 5.41) is 0.0404. The number of hydrogen-bond acceptors (Lipinski definition) is 3. The van der Waals surface area contributed by atoms with Crippen LogP contribution >= 0.6 is 11.6 Å². The van der Waals surface area contributed by atoms with Crippen LogP contribution in [-0.2, 0) is 9.84 Å². The summed E-state index contributed by atoms with van der Waals surface area (Å²) in [4.78, 5) is 0.310. The first-order valence-corrected chi connectivity index (χ1v) is 7.92. The van der Waals surface area contributed by atoms with Crippen molar-refractivity contribution in [3.8, 4) is 0 Å². The Labute approximate surface area is 113 Å². The molecule has 1 fully saturated rings. The van der Waals surface area contributed by atoms with Gasteiger partial charge in [-0.1, -0.05) is 25.4 Å². The van der Waals surface area contributed by atoms with Gasteiger partial charge >= 0.3 is 0 Å². The summed E-state index contributed by atoms with van der Waals surface area (Å²) < 4.78 is 25.0. The fraction of sp³-hybridized carbons (Fsp3) is 0.538. The molecule has 0 spiro atoms. The average molecular weight is 288 g/mol. The van der Waals surface area contributed by atoms with Gasteiger partial charge in [-0.3, -0.25) is 0 Å². The molecule has 0 bridgehead atoms.